The summed E-state index contributed by atoms with van der Waals surface area (Å²) in [6.07, 6.45) is 1.27. The third-order valence-electron chi connectivity index (χ3n) is 3.77. The average molecular weight is 298 g/mol. The summed E-state index contributed by atoms with van der Waals surface area (Å²) >= 11 is 3.65. The van der Waals surface area contributed by atoms with Crippen LogP contribution < -0.4 is 5.32 Å². The standard InChI is InChI=1S/C14H20BrNO/c1-14(12-5-3-4-6-13(12)15)9-11(14)10-16-7-8-17-2/h3-6,11,16H,7-10H2,1-2H3. The lowest BCUT2D eigenvalue weighted by atomic mass is 9.95. The van der Waals surface area contributed by atoms with Crippen molar-refractivity contribution in [1.29, 1.82) is 0 Å². The van der Waals surface area contributed by atoms with Crippen LogP contribution in [0.25, 0.3) is 0 Å². The van der Waals surface area contributed by atoms with E-state index >= 15 is 0 Å². The molecule has 0 aliphatic heterocycles. The molecule has 3 heteroatoms. The molecule has 0 bridgehead atoms. The zero-order valence-corrected chi connectivity index (χ0v) is 12.1. The second-order valence-electron chi connectivity index (χ2n) is 5.00. The van der Waals surface area contributed by atoms with Gasteiger partial charge in [-0.15, -0.1) is 0 Å². The Morgan fingerprint density at radius 3 is 2.94 bits per heavy atom. The Kier molecular flexibility index (Phi) is 4.23. The minimum Gasteiger partial charge on any atom is -0.383 e. The molecule has 1 aromatic carbocycles. The molecule has 94 valence electrons. The van der Waals surface area contributed by atoms with Crippen LogP contribution in [0.4, 0.5) is 0 Å². The highest BCUT2D eigenvalue weighted by molar-refractivity contribution is 9.10. The molecule has 0 radical (unpaired) electrons. The van der Waals surface area contributed by atoms with Crippen molar-refractivity contribution >= 4 is 15.9 Å². The summed E-state index contributed by atoms with van der Waals surface area (Å²) in [6, 6.07) is 8.57. The molecule has 2 unspecified atom stereocenters. The minimum atomic E-state index is 0.347. The summed E-state index contributed by atoms with van der Waals surface area (Å²) in [7, 11) is 1.74. The maximum atomic E-state index is 5.03. The largest absolute Gasteiger partial charge is 0.383 e. The van der Waals surface area contributed by atoms with Gasteiger partial charge < -0.3 is 10.1 Å². The van der Waals surface area contributed by atoms with Crippen LogP contribution in [0, 0.1) is 5.92 Å². The Hall–Kier alpha value is -0.380. The Balaban J connectivity index is 1.89. The highest BCUT2D eigenvalue weighted by atomic mass is 79.9. The van der Waals surface area contributed by atoms with Crippen LogP contribution in [0.1, 0.15) is 18.9 Å². The molecule has 1 N–H and O–H groups in total. The van der Waals surface area contributed by atoms with Gasteiger partial charge in [-0.1, -0.05) is 41.1 Å². The molecule has 2 nitrogen and oxygen atoms in total. The zero-order valence-electron chi connectivity index (χ0n) is 10.5. The quantitative estimate of drug-likeness (QED) is 0.815. The van der Waals surface area contributed by atoms with Crippen molar-refractivity contribution in [1.82, 2.24) is 5.32 Å². The van der Waals surface area contributed by atoms with Crippen molar-refractivity contribution in [3.8, 4) is 0 Å². The summed E-state index contributed by atoms with van der Waals surface area (Å²) in [5.41, 5.74) is 1.79. The second-order valence-corrected chi connectivity index (χ2v) is 5.85. The van der Waals surface area contributed by atoms with Gasteiger partial charge in [0.05, 0.1) is 6.61 Å². The summed E-state index contributed by atoms with van der Waals surface area (Å²) in [5, 5.41) is 3.45. The monoisotopic (exact) mass is 297 g/mol. The first-order chi connectivity index (χ1) is 8.18. The van der Waals surface area contributed by atoms with Crippen LogP contribution in [0.2, 0.25) is 0 Å². The molecule has 0 spiro atoms. The van der Waals surface area contributed by atoms with Crippen molar-refractivity contribution in [2.75, 3.05) is 26.8 Å². The number of nitrogens with one attached hydrogen (secondary N) is 1. The number of methoxy groups -OCH3 is 1. The molecule has 1 fully saturated rings. The number of ether oxygens (including phenoxy) is 1. The van der Waals surface area contributed by atoms with Gasteiger partial charge in [-0.25, -0.2) is 0 Å². The van der Waals surface area contributed by atoms with Gasteiger partial charge >= 0.3 is 0 Å². The van der Waals surface area contributed by atoms with Gasteiger partial charge in [0.2, 0.25) is 0 Å². The maximum Gasteiger partial charge on any atom is 0.0587 e. The van der Waals surface area contributed by atoms with Gasteiger partial charge in [0.1, 0.15) is 0 Å². The molecule has 17 heavy (non-hydrogen) atoms. The summed E-state index contributed by atoms with van der Waals surface area (Å²) < 4.78 is 6.27. The predicted octanol–water partition coefficient (Wildman–Crippen LogP) is 2.96. The Morgan fingerprint density at radius 1 is 1.47 bits per heavy atom. The maximum absolute atomic E-state index is 5.03. The molecule has 0 heterocycles. The van der Waals surface area contributed by atoms with E-state index in [9.17, 15) is 0 Å². The minimum absolute atomic E-state index is 0.347. The van der Waals surface area contributed by atoms with Crippen LogP contribution in [0.3, 0.4) is 0 Å². The first kappa shape index (κ1) is 13.1. The summed E-state index contributed by atoms with van der Waals surface area (Å²) in [6.45, 7) is 5.18. The molecule has 1 saturated carbocycles. The smallest absolute Gasteiger partial charge is 0.0587 e. The summed E-state index contributed by atoms with van der Waals surface area (Å²) in [4.78, 5) is 0. The van der Waals surface area contributed by atoms with Crippen LogP contribution in [0.5, 0.6) is 0 Å². The molecule has 0 aromatic heterocycles. The molecule has 2 rings (SSSR count). The lowest BCUT2D eigenvalue weighted by Crippen LogP contribution is -2.24. The van der Waals surface area contributed by atoms with Crippen LogP contribution >= 0.6 is 15.9 Å². The van der Waals surface area contributed by atoms with Gasteiger partial charge in [-0.2, -0.15) is 0 Å². The topological polar surface area (TPSA) is 21.3 Å². The van der Waals surface area contributed by atoms with Crippen molar-refractivity contribution in [2.24, 2.45) is 5.92 Å². The van der Waals surface area contributed by atoms with E-state index in [0.29, 0.717) is 5.41 Å². The van der Waals surface area contributed by atoms with E-state index in [4.69, 9.17) is 4.74 Å². The van der Waals surface area contributed by atoms with E-state index in [1.165, 1.54) is 16.5 Å². The Morgan fingerprint density at radius 2 is 2.24 bits per heavy atom. The van der Waals surface area contributed by atoms with Crippen LogP contribution in [-0.4, -0.2) is 26.8 Å². The van der Waals surface area contributed by atoms with Gasteiger partial charge in [0, 0.05) is 18.1 Å². The third-order valence-corrected chi connectivity index (χ3v) is 4.47. The van der Waals surface area contributed by atoms with Crippen molar-refractivity contribution in [3.63, 3.8) is 0 Å². The Labute approximate surface area is 112 Å². The van der Waals surface area contributed by atoms with Crippen molar-refractivity contribution in [3.05, 3.63) is 34.3 Å². The summed E-state index contributed by atoms with van der Waals surface area (Å²) in [5.74, 6) is 0.748. The van der Waals surface area contributed by atoms with E-state index in [0.717, 1.165) is 25.6 Å². The first-order valence-electron chi connectivity index (χ1n) is 6.13. The molecule has 1 aliphatic rings. The van der Waals surface area contributed by atoms with E-state index in [1.54, 1.807) is 7.11 Å². The molecule has 1 aromatic rings. The van der Waals surface area contributed by atoms with E-state index in [-0.39, 0.29) is 0 Å². The van der Waals surface area contributed by atoms with Gasteiger partial charge in [-0.3, -0.25) is 0 Å². The van der Waals surface area contributed by atoms with Crippen LogP contribution in [0.15, 0.2) is 28.7 Å². The number of benzene rings is 1. The normalized spacial score (nSPS) is 27.1. The lowest BCUT2D eigenvalue weighted by Gasteiger charge is -2.14. The van der Waals surface area contributed by atoms with Crippen LogP contribution in [-0.2, 0) is 10.2 Å². The molecule has 2 atom stereocenters. The molecule has 0 amide bonds. The van der Waals surface area contributed by atoms with E-state index in [2.05, 4.69) is 52.4 Å². The van der Waals surface area contributed by atoms with Gasteiger partial charge in [0.15, 0.2) is 0 Å². The highest BCUT2D eigenvalue weighted by Crippen LogP contribution is 2.55. The molecule has 0 saturated heterocycles. The van der Waals surface area contributed by atoms with Crippen molar-refractivity contribution < 1.29 is 4.74 Å². The number of rotatable bonds is 6. The highest BCUT2D eigenvalue weighted by Gasteiger charge is 2.51. The van der Waals surface area contributed by atoms with Gasteiger partial charge in [-0.05, 0) is 35.9 Å². The fraction of sp³-hybridized carbons (Fsp3) is 0.571. The predicted molar refractivity (Wildman–Crippen MR) is 74.3 cm³/mol. The lowest BCUT2D eigenvalue weighted by molar-refractivity contribution is 0.199. The van der Waals surface area contributed by atoms with E-state index in [1.807, 2.05) is 0 Å². The number of hydrogen-bond acceptors (Lipinski definition) is 2. The molecule has 1 aliphatic carbocycles. The molecular weight excluding hydrogens is 278 g/mol. The Bertz CT molecular complexity index is 382. The van der Waals surface area contributed by atoms with Gasteiger partial charge in [0.25, 0.3) is 0 Å². The van der Waals surface area contributed by atoms with Crippen molar-refractivity contribution in [2.45, 2.75) is 18.8 Å². The van der Waals surface area contributed by atoms with E-state index < -0.39 is 0 Å². The fourth-order valence-corrected chi connectivity index (χ4v) is 3.19. The second kappa shape index (κ2) is 5.51. The number of hydrogen-bond donors (Lipinski definition) is 1. The zero-order chi connectivity index (χ0) is 12.3. The third kappa shape index (κ3) is 2.90. The molecular formula is C14H20BrNO. The fourth-order valence-electron chi connectivity index (χ4n) is 2.46. The SMILES string of the molecule is COCCNCC1CC1(C)c1ccccc1Br. The number of halogens is 1. The average Bonchev–Trinajstić information content (AvgIpc) is 2.98. The first-order valence-corrected chi connectivity index (χ1v) is 6.92.